The van der Waals surface area contributed by atoms with Crippen LogP contribution < -0.4 is 5.50 Å². The van der Waals surface area contributed by atoms with Gasteiger partial charge in [-0.3, -0.25) is 4.52 Å². The maximum Gasteiger partial charge on any atom is 0.707 e. The maximum absolute atomic E-state index is 10.6. The molecule has 10 heavy (non-hydrogen) atoms. The fraction of sp³-hybridized carbons (Fsp3) is 1.00. The molecule has 2 unspecified atom stereocenters. The minimum absolute atomic E-state index is 1.08. The third-order valence-electron chi connectivity index (χ3n) is 0.584. The van der Waals surface area contributed by atoms with E-state index in [0.717, 1.165) is 14.2 Å². The van der Waals surface area contributed by atoms with Crippen molar-refractivity contribution in [2.45, 2.75) is 0 Å². The van der Waals surface area contributed by atoms with Gasteiger partial charge in [-0.05, 0) is 4.31 Å². The summed E-state index contributed by atoms with van der Waals surface area (Å²) in [6.07, 6.45) is 0. The van der Waals surface area contributed by atoms with Crippen molar-refractivity contribution in [2.75, 3.05) is 14.2 Å². The van der Waals surface area contributed by atoms with Gasteiger partial charge >= 0.3 is 16.0 Å². The summed E-state index contributed by atoms with van der Waals surface area (Å²) >= 11 is 0. The summed E-state index contributed by atoms with van der Waals surface area (Å²) in [6, 6.07) is 0. The van der Waals surface area contributed by atoms with Crippen LogP contribution >= 0.6 is 16.0 Å². The van der Waals surface area contributed by atoms with E-state index in [0.29, 0.717) is 0 Å². The predicted octanol–water partition coefficient (Wildman–Crippen LogP) is 1.02. The van der Waals surface area contributed by atoms with Gasteiger partial charge in [-0.2, -0.15) is 0 Å². The van der Waals surface area contributed by atoms with Gasteiger partial charge < -0.3 is 0 Å². The second-order valence-corrected chi connectivity index (χ2v) is 4.12. The molecule has 0 bridgehead atoms. The zero-order valence-corrected chi connectivity index (χ0v) is 7.30. The third kappa shape index (κ3) is 4.06. The van der Waals surface area contributed by atoms with Crippen molar-refractivity contribution in [3.8, 4) is 0 Å². The van der Waals surface area contributed by atoms with Crippen LogP contribution in [0.15, 0.2) is 0 Å². The molecule has 8 heteroatoms. The van der Waals surface area contributed by atoms with Crippen LogP contribution in [0.5, 0.6) is 0 Å². The van der Waals surface area contributed by atoms with Gasteiger partial charge in [0.25, 0.3) is 0 Å². The second kappa shape index (κ2) is 4.13. The van der Waals surface area contributed by atoms with E-state index in [1.807, 2.05) is 0 Å². The summed E-state index contributed by atoms with van der Waals surface area (Å²) in [5.74, 6) is 0. The number of rotatable bonds is 4. The summed E-state index contributed by atoms with van der Waals surface area (Å²) in [5.41, 5.74) is 4.84. The SMILES string of the molecule is CO[P+](=O)OP(N)(=O)OC. The minimum atomic E-state index is -3.65. The highest BCUT2D eigenvalue weighted by Gasteiger charge is 2.32. The van der Waals surface area contributed by atoms with E-state index in [9.17, 15) is 9.13 Å². The number of hydrogen-bond acceptors (Lipinski definition) is 5. The minimum Gasteiger partial charge on any atom is -0.298 e. The molecule has 2 N–H and O–H groups in total. The number of hydrogen-bond donors (Lipinski definition) is 1. The lowest BCUT2D eigenvalue weighted by atomic mass is 11.8. The molecule has 0 aliphatic heterocycles. The lowest BCUT2D eigenvalue weighted by Crippen LogP contribution is -1.96. The van der Waals surface area contributed by atoms with Crippen molar-refractivity contribution < 1.29 is 22.5 Å². The van der Waals surface area contributed by atoms with Gasteiger partial charge in [-0.15, -0.1) is 4.52 Å². The Bertz CT molecular complexity index is 169. The lowest BCUT2D eigenvalue weighted by molar-refractivity contribution is 0.292. The average molecular weight is 188 g/mol. The summed E-state index contributed by atoms with van der Waals surface area (Å²) in [5, 5.41) is 0. The molecule has 0 amide bonds. The molecule has 0 heterocycles. The Morgan fingerprint density at radius 3 is 2.30 bits per heavy atom. The predicted molar refractivity (Wildman–Crippen MR) is 34.5 cm³/mol. The maximum atomic E-state index is 10.6. The fourth-order valence-corrected chi connectivity index (χ4v) is 1.44. The Balaban J connectivity index is 3.89. The van der Waals surface area contributed by atoms with Crippen LogP contribution in [-0.4, -0.2) is 14.2 Å². The van der Waals surface area contributed by atoms with Gasteiger partial charge in [0, 0.05) is 11.7 Å². The highest BCUT2D eigenvalue weighted by atomic mass is 31.2. The van der Waals surface area contributed by atoms with Gasteiger partial charge in [0.2, 0.25) is 0 Å². The molecule has 0 saturated carbocycles. The van der Waals surface area contributed by atoms with Gasteiger partial charge in [-0.1, -0.05) is 0 Å². The summed E-state index contributed by atoms with van der Waals surface area (Å²) in [4.78, 5) is 0. The zero-order valence-electron chi connectivity index (χ0n) is 5.51. The molecule has 0 aromatic heterocycles. The van der Waals surface area contributed by atoms with Gasteiger partial charge in [0.15, 0.2) is 0 Å². The monoisotopic (exact) mass is 188 g/mol. The van der Waals surface area contributed by atoms with Crippen LogP contribution in [0.25, 0.3) is 0 Å². The Morgan fingerprint density at radius 1 is 1.50 bits per heavy atom. The fourth-order valence-electron chi connectivity index (χ4n) is 0.160. The van der Waals surface area contributed by atoms with Crippen LogP contribution in [0.4, 0.5) is 0 Å². The normalized spacial score (nSPS) is 18.1. The Morgan fingerprint density at radius 2 is 2.00 bits per heavy atom. The first-order valence-corrected chi connectivity index (χ1v) is 4.88. The van der Waals surface area contributed by atoms with Gasteiger partial charge in [0.1, 0.15) is 0 Å². The van der Waals surface area contributed by atoms with E-state index < -0.39 is 16.0 Å². The van der Waals surface area contributed by atoms with Crippen LogP contribution in [0.1, 0.15) is 0 Å². The topological polar surface area (TPSA) is 87.9 Å². The smallest absolute Gasteiger partial charge is 0.298 e. The first-order chi connectivity index (χ1) is 4.52. The summed E-state index contributed by atoms with van der Waals surface area (Å²) in [7, 11) is -3.87. The van der Waals surface area contributed by atoms with Crippen molar-refractivity contribution in [1.29, 1.82) is 0 Å². The van der Waals surface area contributed by atoms with E-state index in [2.05, 4.69) is 13.4 Å². The number of nitrogens with two attached hydrogens (primary N) is 1. The van der Waals surface area contributed by atoms with E-state index in [1.165, 1.54) is 0 Å². The Hall–Kier alpha value is 0.170. The molecule has 0 rings (SSSR count). The molecule has 0 spiro atoms. The van der Waals surface area contributed by atoms with Gasteiger partial charge in [-0.25, -0.2) is 10.1 Å². The van der Waals surface area contributed by atoms with Crippen molar-refractivity contribution >= 4 is 16.0 Å². The van der Waals surface area contributed by atoms with Crippen molar-refractivity contribution in [3.05, 3.63) is 0 Å². The molecule has 0 aromatic rings. The molecule has 0 aliphatic carbocycles. The summed E-state index contributed by atoms with van der Waals surface area (Å²) in [6.45, 7) is 0. The molecule has 0 radical (unpaired) electrons. The molecular formula is C2H8NO5P2+. The third-order valence-corrected chi connectivity index (χ3v) is 2.83. The molecule has 0 aromatic carbocycles. The Labute approximate surface area is 59.2 Å². The second-order valence-electron chi connectivity index (χ2n) is 1.21. The average Bonchev–Trinajstić information content (AvgIpc) is 1.87. The van der Waals surface area contributed by atoms with Crippen LogP contribution in [0.2, 0.25) is 0 Å². The standard InChI is InChI=1S/C2H8NO5P2/c1-6-9(4)8-10(3,5)7-2/h1-2H3,(H2,3,5)/q+1. The van der Waals surface area contributed by atoms with E-state index in [-0.39, 0.29) is 0 Å². The lowest BCUT2D eigenvalue weighted by Gasteiger charge is -1.98. The van der Waals surface area contributed by atoms with Gasteiger partial charge in [0.05, 0.1) is 7.11 Å². The highest BCUT2D eigenvalue weighted by Crippen LogP contribution is 2.48. The molecule has 0 fully saturated rings. The molecule has 2 atom stereocenters. The van der Waals surface area contributed by atoms with E-state index in [1.54, 1.807) is 0 Å². The summed E-state index contributed by atoms with van der Waals surface area (Å²) < 4.78 is 33.4. The zero-order chi connectivity index (χ0) is 8.20. The largest absolute Gasteiger partial charge is 0.707 e. The van der Waals surface area contributed by atoms with Crippen molar-refractivity contribution in [3.63, 3.8) is 0 Å². The van der Waals surface area contributed by atoms with Crippen molar-refractivity contribution in [2.24, 2.45) is 5.50 Å². The van der Waals surface area contributed by atoms with E-state index >= 15 is 0 Å². The van der Waals surface area contributed by atoms with E-state index in [4.69, 9.17) is 5.50 Å². The first kappa shape index (κ1) is 10.2. The molecule has 6 nitrogen and oxygen atoms in total. The van der Waals surface area contributed by atoms with Crippen LogP contribution in [-0.2, 0) is 22.5 Å². The van der Waals surface area contributed by atoms with Crippen LogP contribution in [0, 0.1) is 0 Å². The molecule has 0 saturated heterocycles. The molecular weight excluding hydrogens is 180 g/mol. The first-order valence-electron chi connectivity index (χ1n) is 2.17. The van der Waals surface area contributed by atoms with Crippen molar-refractivity contribution in [1.82, 2.24) is 0 Å². The van der Waals surface area contributed by atoms with Crippen LogP contribution in [0.3, 0.4) is 0 Å². The molecule has 0 aliphatic rings. The highest BCUT2D eigenvalue weighted by molar-refractivity contribution is 7.58. The molecule has 60 valence electrons. The quantitative estimate of drug-likeness (QED) is 0.662. The Kier molecular flexibility index (Phi) is 4.20.